The highest BCUT2D eigenvalue weighted by Crippen LogP contribution is 2.25. The lowest BCUT2D eigenvalue weighted by Gasteiger charge is -2.32. The first kappa shape index (κ1) is 19.7. The minimum Gasteiger partial charge on any atom is -0.492 e. The maximum Gasteiger partial charge on any atom is 0.223 e. The Morgan fingerprint density at radius 2 is 2.04 bits per heavy atom. The minimum absolute atomic E-state index is 0. The third kappa shape index (κ3) is 5.97. The highest BCUT2D eigenvalue weighted by molar-refractivity contribution is 5.85. The first-order chi connectivity index (χ1) is 10.6. The largest absolute Gasteiger partial charge is 0.492 e. The average Bonchev–Trinajstić information content (AvgIpc) is 2.53. The number of carbonyl (C=O) groups excluding carboxylic acids is 1. The molecule has 23 heavy (non-hydrogen) atoms. The normalized spacial score (nSPS) is 23.7. The molecule has 0 saturated heterocycles. The van der Waals surface area contributed by atoms with Gasteiger partial charge in [-0.3, -0.25) is 4.79 Å². The van der Waals surface area contributed by atoms with Crippen molar-refractivity contribution in [2.24, 2.45) is 11.7 Å². The van der Waals surface area contributed by atoms with Gasteiger partial charge in [-0.2, -0.15) is 0 Å². The second-order valence-corrected chi connectivity index (χ2v) is 5.54. The highest BCUT2D eigenvalue weighted by atomic mass is 35.5. The first-order valence-electron chi connectivity index (χ1n) is 7.54. The predicted octanol–water partition coefficient (Wildman–Crippen LogP) is 1.88. The zero-order valence-corrected chi connectivity index (χ0v) is 14.0. The number of methoxy groups -OCH3 is 1. The van der Waals surface area contributed by atoms with E-state index in [0.29, 0.717) is 25.3 Å². The number of carbonyl (C=O) groups is 1. The van der Waals surface area contributed by atoms with Crippen LogP contribution in [-0.2, 0) is 9.53 Å². The van der Waals surface area contributed by atoms with Gasteiger partial charge in [0.15, 0.2) is 0 Å². The smallest absolute Gasteiger partial charge is 0.223 e. The topological polar surface area (TPSA) is 73.6 Å². The Morgan fingerprint density at radius 1 is 1.35 bits per heavy atom. The summed E-state index contributed by atoms with van der Waals surface area (Å²) in [6.45, 7) is 0.756. The van der Waals surface area contributed by atoms with Gasteiger partial charge in [-0.1, -0.05) is 0 Å². The summed E-state index contributed by atoms with van der Waals surface area (Å²) >= 11 is 0. The summed E-state index contributed by atoms with van der Waals surface area (Å²) in [7, 11) is 1.65. The van der Waals surface area contributed by atoms with E-state index in [1.807, 2.05) is 0 Å². The molecule has 1 amide bonds. The molecular weight excluding hydrogens is 323 g/mol. The van der Waals surface area contributed by atoms with Crippen molar-refractivity contribution in [3.8, 4) is 5.75 Å². The summed E-state index contributed by atoms with van der Waals surface area (Å²) in [4.78, 5) is 12.1. The molecule has 7 heteroatoms. The van der Waals surface area contributed by atoms with Gasteiger partial charge in [-0.25, -0.2) is 4.39 Å². The van der Waals surface area contributed by atoms with E-state index in [1.165, 1.54) is 12.1 Å². The number of benzene rings is 1. The number of ether oxygens (including phenoxy) is 2. The number of halogens is 2. The maximum atomic E-state index is 12.7. The van der Waals surface area contributed by atoms with Crippen LogP contribution in [0.3, 0.4) is 0 Å². The molecule has 0 radical (unpaired) electrons. The van der Waals surface area contributed by atoms with Crippen LogP contribution in [0.2, 0.25) is 0 Å². The van der Waals surface area contributed by atoms with E-state index in [-0.39, 0.29) is 42.2 Å². The van der Waals surface area contributed by atoms with Crippen LogP contribution >= 0.6 is 12.4 Å². The van der Waals surface area contributed by atoms with Crippen LogP contribution in [0.4, 0.5) is 4.39 Å². The third-order valence-corrected chi connectivity index (χ3v) is 3.99. The van der Waals surface area contributed by atoms with Crippen LogP contribution < -0.4 is 15.8 Å². The molecule has 1 saturated carbocycles. The molecule has 1 aliphatic carbocycles. The van der Waals surface area contributed by atoms with Crippen LogP contribution in [0.15, 0.2) is 24.3 Å². The van der Waals surface area contributed by atoms with Gasteiger partial charge in [-0.05, 0) is 43.5 Å². The van der Waals surface area contributed by atoms with E-state index in [9.17, 15) is 9.18 Å². The summed E-state index contributed by atoms with van der Waals surface area (Å²) in [5, 5.41) is 2.85. The molecule has 0 aromatic heterocycles. The Bertz CT molecular complexity index is 487. The molecule has 1 aromatic rings. The van der Waals surface area contributed by atoms with Crippen molar-refractivity contribution in [3.05, 3.63) is 30.1 Å². The molecule has 0 aliphatic heterocycles. The van der Waals surface area contributed by atoms with E-state index in [2.05, 4.69) is 5.32 Å². The zero-order valence-electron chi connectivity index (χ0n) is 13.2. The van der Waals surface area contributed by atoms with Gasteiger partial charge in [0, 0.05) is 19.1 Å². The quantitative estimate of drug-likeness (QED) is 0.771. The van der Waals surface area contributed by atoms with E-state index in [1.54, 1.807) is 19.2 Å². The lowest BCUT2D eigenvalue weighted by Crippen LogP contribution is -2.46. The maximum absolute atomic E-state index is 12.7. The number of hydrogen-bond donors (Lipinski definition) is 2. The molecule has 5 nitrogen and oxygen atoms in total. The summed E-state index contributed by atoms with van der Waals surface area (Å²) in [5.74, 6) is 0.224. The van der Waals surface area contributed by atoms with Crippen molar-refractivity contribution in [2.45, 2.75) is 31.4 Å². The van der Waals surface area contributed by atoms with Crippen LogP contribution in [-0.4, -0.2) is 38.3 Å². The molecule has 0 heterocycles. The Kier molecular flexibility index (Phi) is 8.30. The predicted molar refractivity (Wildman–Crippen MR) is 88.3 cm³/mol. The van der Waals surface area contributed by atoms with Gasteiger partial charge in [-0.15, -0.1) is 12.4 Å². The fraction of sp³-hybridized carbons (Fsp3) is 0.562. The van der Waals surface area contributed by atoms with Crippen molar-refractivity contribution in [1.29, 1.82) is 0 Å². The van der Waals surface area contributed by atoms with Crippen LogP contribution in [0.25, 0.3) is 0 Å². The van der Waals surface area contributed by atoms with E-state index in [0.717, 1.165) is 12.8 Å². The molecule has 1 aliphatic rings. The summed E-state index contributed by atoms with van der Waals surface area (Å²) in [5.41, 5.74) is 6.00. The minimum atomic E-state index is -0.302. The molecule has 0 spiro atoms. The number of hydrogen-bond acceptors (Lipinski definition) is 4. The second kappa shape index (κ2) is 9.70. The molecule has 1 fully saturated rings. The van der Waals surface area contributed by atoms with Gasteiger partial charge in [0.2, 0.25) is 5.91 Å². The lowest BCUT2D eigenvalue weighted by molar-refractivity contribution is -0.127. The average molecular weight is 347 g/mol. The number of nitrogens with two attached hydrogens (primary N) is 1. The van der Waals surface area contributed by atoms with Gasteiger partial charge in [0.1, 0.15) is 18.2 Å². The van der Waals surface area contributed by atoms with Gasteiger partial charge < -0.3 is 20.5 Å². The lowest BCUT2D eigenvalue weighted by atomic mass is 9.83. The third-order valence-electron chi connectivity index (χ3n) is 3.99. The SMILES string of the molecule is CO[C@@H]1CC[C@H](C(=O)NCCOc2ccc(F)cc2)C[C@H]1N.Cl. The van der Waals surface area contributed by atoms with Gasteiger partial charge in [0.25, 0.3) is 0 Å². The Hall–Kier alpha value is -1.37. The van der Waals surface area contributed by atoms with Crippen LogP contribution in [0.1, 0.15) is 19.3 Å². The molecule has 0 bridgehead atoms. The molecule has 3 atom stereocenters. The van der Waals surface area contributed by atoms with Crippen molar-refractivity contribution in [2.75, 3.05) is 20.3 Å². The van der Waals surface area contributed by atoms with E-state index >= 15 is 0 Å². The van der Waals surface area contributed by atoms with E-state index < -0.39 is 0 Å². The van der Waals surface area contributed by atoms with Crippen LogP contribution in [0, 0.1) is 11.7 Å². The Balaban J connectivity index is 0.00000264. The second-order valence-electron chi connectivity index (χ2n) is 5.54. The van der Waals surface area contributed by atoms with Crippen molar-refractivity contribution in [1.82, 2.24) is 5.32 Å². The van der Waals surface area contributed by atoms with Gasteiger partial charge >= 0.3 is 0 Å². The van der Waals surface area contributed by atoms with E-state index in [4.69, 9.17) is 15.2 Å². The summed E-state index contributed by atoms with van der Waals surface area (Å²) in [6, 6.07) is 5.70. The number of nitrogens with one attached hydrogen (secondary N) is 1. The Labute approximate surface area is 142 Å². The fourth-order valence-electron chi connectivity index (χ4n) is 2.73. The van der Waals surface area contributed by atoms with Crippen LogP contribution in [0.5, 0.6) is 5.75 Å². The highest BCUT2D eigenvalue weighted by Gasteiger charge is 2.31. The zero-order chi connectivity index (χ0) is 15.9. The molecule has 0 unspecified atom stereocenters. The molecule has 3 N–H and O–H groups in total. The van der Waals surface area contributed by atoms with Crippen molar-refractivity contribution < 1.29 is 18.7 Å². The monoisotopic (exact) mass is 346 g/mol. The van der Waals surface area contributed by atoms with Gasteiger partial charge in [0.05, 0.1) is 12.6 Å². The molecule has 1 aromatic carbocycles. The number of rotatable bonds is 6. The Morgan fingerprint density at radius 3 is 2.65 bits per heavy atom. The van der Waals surface area contributed by atoms with Crippen molar-refractivity contribution in [3.63, 3.8) is 0 Å². The summed E-state index contributed by atoms with van der Waals surface area (Å²) < 4.78 is 23.5. The van der Waals surface area contributed by atoms with Crippen molar-refractivity contribution >= 4 is 18.3 Å². The molecular formula is C16H24ClFN2O3. The fourth-order valence-corrected chi connectivity index (χ4v) is 2.73. The summed E-state index contributed by atoms with van der Waals surface area (Å²) in [6.07, 6.45) is 2.29. The first-order valence-corrected chi connectivity index (χ1v) is 7.54. The standard InChI is InChI=1S/C16H23FN2O3.ClH/c1-21-15-7-2-11(10-14(15)18)16(20)19-8-9-22-13-5-3-12(17)4-6-13;/h3-6,11,14-15H,2,7-10,18H2,1H3,(H,19,20);1H/t11-,14+,15+;/m0./s1. The molecule has 130 valence electrons. The molecule has 2 rings (SSSR count). The number of amides is 1.